The summed E-state index contributed by atoms with van der Waals surface area (Å²) in [4.78, 5) is 24.1. The number of hydrogen-bond acceptors (Lipinski definition) is 4. The number of amides is 2. The fourth-order valence-electron chi connectivity index (χ4n) is 2.10. The van der Waals surface area contributed by atoms with Crippen LogP contribution in [-0.4, -0.2) is 23.5 Å². The molecule has 0 spiro atoms. The lowest BCUT2D eigenvalue weighted by molar-refractivity contribution is 0.0934. The van der Waals surface area contributed by atoms with Crippen molar-refractivity contribution < 1.29 is 14.3 Å². The molecule has 142 valence electrons. The second kappa shape index (κ2) is 10.3. The minimum atomic E-state index is -0.379. The first-order valence-corrected chi connectivity index (χ1v) is 9.06. The first-order valence-electron chi connectivity index (χ1n) is 8.65. The summed E-state index contributed by atoms with van der Waals surface area (Å²) in [7, 11) is 0. The topological polar surface area (TPSA) is 79.5 Å². The molecule has 27 heavy (non-hydrogen) atoms. The highest BCUT2D eigenvalue weighted by Crippen LogP contribution is 2.13. The molecule has 0 aliphatic heterocycles. The first-order chi connectivity index (χ1) is 13.0. The van der Waals surface area contributed by atoms with E-state index in [1.165, 1.54) is 0 Å². The molecular weight excluding hydrogens is 362 g/mol. The maximum absolute atomic E-state index is 12.2. The average molecular weight is 385 g/mol. The van der Waals surface area contributed by atoms with E-state index in [1.54, 1.807) is 48.5 Å². The van der Waals surface area contributed by atoms with Crippen molar-refractivity contribution in [3.63, 3.8) is 0 Å². The normalized spacial score (nSPS) is 10.2. The summed E-state index contributed by atoms with van der Waals surface area (Å²) >= 11 is 5.02. The van der Waals surface area contributed by atoms with Gasteiger partial charge in [-0.25, -0.2) is 0 Å². The van der Waals surface area contributed by atoms with Crippen LogP contribution >= 0.6 is 12.2 Å². The lowest BCUT2D eigenvalue weighted by Gasteiger charge is -2.11. The predicted molar refractivity (Wildman–Crippen MR) is 109 cm³/mol. The number of nitrogens with one attached hydrogen (secondary N) is 3. The number of rotatable bonds is 6. The van der Waals surface area contributed by atoms with Gasteiger partial charge >= 0.3 is 0 Å². The highest BCUT2D eigenvalue weighted by molar-refractivity contribution is 7.80. The van der Waals surface area contributed by atoms with E-state index in [9.17, 15) is 9.59 Å². The summed E-state index contributed by atoms with van der Waals surface area (Å²) in [6.45, 7) is 4.91. The van der Waals surface area contributed by atoms with Gasteiger partial charge < -0.3 is 4.74 Å². The number of carbonyl (C=O) groups is 2. The molecule has 0 aromatic heterocycles. The van der Waals surface area contributed by atoms with Crippen LogP contribution in [0, 0.1) is 5.92 Å². The number of thiocarbonyl (C=S) groups is 1. The van der Waals surface area contributed by atoms with Crippen LogP contribution in [-0.2, 0) is 0 Å². The Morgan fingerprint density at radius 2 is 1.56 bits per heavy atom. The minimum absolute atomic E-state index is 0.00143. The van der Waals surface area contributed by atoms with Crippen molar-refractivity contribution in [2.24, 2.45) is 5.92 Å². The maximum Gasteiger partial charge on any atom is 0.269 e. The van der Waals surface area contributed by atoms with Crippen molar-refractivity contribution in [3.05, 3.63) is 65.7 Å². The molecule has 7 heteroatoms. The summed E-state index contributed by atoms with van der Waals surface area (Å²) in [6.07, 6.45) is 0.969. The number of hydrazine groups is 1. The van der Waals surface area contributed by atoms with Gasteiger partial charge in [-0.2, -0.15) is 0 Å². The average Bonchev–Trinajstić information content (AvgIpc) is 2.67. The molecule has 3 N–H and O–H groups in total. The third kappa shape index (κ3) is 7.07. The lowest BCUT2D eigenvalue weighted by atomic mass is 10.1. The molecular formula is C20H23N3O3S. The van der Waals surface area contributed by atoms with E-state index in [2.05, 4.69) is 30.0 Å². The van der Waals surface area contributed by atoms with Gasteiger partial charge in [0.1, 0.15) is 5.75 Å². The van der Waals surface area contributed by atoms with Gasteiger partial charge in [0.2, 0.25) is 0 Å². The highest BCUT2D eigenvalue weighted by Gasteiger charge is 2.09. The Balaban J connectivity index is 1.78. The zero-order chi connectivity index (χ0) is 19.6. The molecule has 0 bridgehead atoms. The standard InChI is InChI=1S/C20H23N3O3S/c1-14(2)12-13-26-17-10-8-16(9-11-17)18(24)21-20(27)23-22-19(25)15-6-4-3-5-7-15/h3-11,14H,12-13H2,1-2H3,(H,22,25)(H2,21,23,24,27). The Kier molecular flexibility index (Phi) is 7.76. The minimum Gasteiger partial charge on any atom is -0.494 e. The third-order valence-electron chi connectivity index (χ3n) is 3.63. The van der Waals surface area contributed by atoms with Crippen molar-refractivity contribution >= 4 is 29.1 Å². The van der Waals surface area contributed by atoms with Crippen LogP contribution in [0.15, 0.2) is 54.6 Å². The largest absolute Gasteiger partial charge is 0.494 e. The van der Waals surface area contributed by atoms with E-state index >= 15 is 0 Å². The first kappa shape index (κ1) is 20.4. The van der Waals surface area contributed by atoms with Gasteiger partial charge in [0.25, 0.3) is 11.8 Å². The number of ether oxygens (including phenoxy) is 1. The molecule has 2 aromatic carbocycles. The molecule has 2 amide bonds. The number of hydrogen-bond donors (Lipinski definition) is 3. The van der Waals surface area contributed by atoms with Gasteiger partial charge in [0.15, 0.2) is 5.11 Å². The molecule has 6 nitrogen and oxygen atoms in total. The zero-order valence-corrected chi connectivity index (χ0v) is 16.1. The summed E-state index contributed by atoms with van der Waals surface area (Å²) in [6, 6.07) is 15.5. The molecule has 0 fully saturated rings. The molecule has 0 saturated carbocycles. The van der Waals surface area contributed by atoms with Crippen molar-refractivity contribution in [2.45, 2.75) is 20.3 Å². The Morgan fingerprint density at radius 1 is 0.926 bits per heavy atom. The van der Waals surface area contributed by atoms with Crippen LogP contribution in [0.4, 0.5) is 0 Å². The fourth-order valence-corrected chi connectivity index (χ4v) is 2.24. The third-order valence-corrected chi connectivity index (χ3v) is 3.84. The summed E-state index contributed by atoms with van der Waals surface area (Å²) in [5.41, 5.74) is 5.85. The van der Waals surface area contributed by atoms with Crippen LogP contribution in [0.1, 0.15) is 41.0 Å². The molecule has 0 saturated heterocycles. The molecule has 2 rings (SSSR count). The van der Waals surface area contributed by atoms with Crippen LogP contribution < -0.4 is 20.9 Å². The van der Waals surface area contributed by atoms with Crippen molar-refractivity contribution in [2.75, 3.05) is 6.61 Å². The van der Waals surface area contributed by atoms with E-state index in [1.807, 2.05) is 6.07 Å². The molecule has 0 radical (unpaired) electrons. The second-order valence-electron chi connectivity index (χ2n) is 6.28. The van der Waals surface area contributed by atoms with Crippen molar-refractivity contribution in [1.29, 1.82) is 0 Å². The summed E-state index contributed by atoms with van der Waals surface area (Å²) in [5.74, 6) is 0.555. The SMILES string of the molecule is CC(C)CCOc1ccc(C(=O)NC(=S)NNC(=O)c2ccccc2)cc1. The van der Waals surface area contributed by atoms with Crippen molar-refractivity contribution in [3.8, 4) is 5.75 Å². The van der Waals surface area contributed by atoms with Gasteiger partial charge in [-0.05, 0) is 61.0 Å². The molecule has 2 aromatic rings. The van der Waals surface area contributed by atoms with E-state index in [0.717, 1.165) is 6.42 Å². The number of carbonyl (C=O) groups excluding carboxylic acids is 2. The summed E-state index contributed by atoms with van der Waals surface area (Å²) in [5, 5.41) is 2.51. The molecule has 0 atom stereocenters. The lowest BCUT2D eigenvalue weighted by Crippen LogP contribution is -2.48. The Hall–Kier alpha value is -2.93. The van der Waals surface area contributed by atoms with Crippen LogP contribution in [0.5, 0.6) is 5.75 Å². The monoisotopic (exact) mass is 385 g/mol. The van der Waals surface area contributed by atoms with E-state index < -0.39 is 0 Å². The molecule has 0 heterocycles. The van der Waals surface area contributed by atoms with Gasteiger partial charge in [-0.15, -0.1) is 0 Å². The van der Waals surface area contributed by atoms with E-state index in [0.29, 0.717) is 29.4 Å². The van der Waals surface area contributed by atoms with E-state index in [4.69, 9.17) is 17.0 Å². The van der Waals surface area contributed by atoms with Gasteiger partial charge in [0, 0.05) is 11.1 Å². The predicted octanol–water partition coefficient (Wildman–Crippen LogP) is 3.06. The Labute approximate surface area is 164 Å². The van der Waals surface area contributed by atoms with Crippen LogP contribution in [0.25, 0.3) is 0 Å². The molecule has 0 aliphatic carbocycles. The van der Waals surface area contributed by atoms with Crippen LogP contribution in [0.2, 0.25) is 0 Å². The van der Waals surface area contributed by atoms with E-state index in [-0.39, 0.29) is 16.9 Å². The fraction of sp³-hybridized carbons (Fsp3) is 0.250. The molecule has 0 aliphatic rings. The van der Waals surface area contributed by atoms with Gasteiger partial charge in [-0.1, -0.05) is 32.0 Å². The zero-order valence-electron chi connectivity index (χ0n) is 15.3. The smallest absolute Gasteiger partial charge is 0.269 e. The number of benzene rings is 2. The quantitative estimate of drug-likeness (QED) is 0.526. The maximum atomic E-state index is 12.2. The Morgan fingerprint density at radius 3 is 2.19 bits per heavy atom. The summed E-state index contributed by atoms with van der Waals surface area (Å²) < 4.78 is 5.62. The van der Waals surface area contributed by atoms with Crippen LogP contribution in [0.3, 0.4) is 0 Å². The highest BCUT2D eigenvalue weighted by atomic mass is 32.1. The van der Waals surface area contributed by atoms with Gasteiger partial charge in [0.05, 0.1) is 6.61 Å². The molecule has 0 unspecified atom stereocenters. The second-order valence-corrected chi connectivity index (χ2v) is 6.69. The Bertz CT molecular complexity index is 777. The van der Waals surface area contributed by atoms with Gasteiger partial charge in [-0.3, -0.25) is 25.8 Å². The van der Waals surface area contributed by atoms with Crippen molar-refractivity contribution in [1.82, 2.24) is 16.2 Å².